The fourth-order valence-electron chi connectivity index (χ4n) is 6.03. The summed E-state index contributed by atoms with van der Waals surface area (Å²) in [5.74, 6) is -0.917. The van der Waals surface area contributed by atoms with Gasteiger partial charge < -0.3 is 19.8 Å². The molecule has 0 radical (unpaired) electrons. The average molecular weight is 492 g/mol. The monoisotopic (exact) mass is 491 g/mol. The van der Waals surface area contributed by atoms with Gasteiger partial charge in [0.25, 0.3) is 0 Å². The van der Waals surface area contributed by atoms with Crippen LogP contribution in [0.25, 0.3) is 0 Å². The molecule has 3 heterocycles. The lowest BCUT2D eigenvalue weighted by Crippen LogP contribution is -2.55. The standard InChI is InChI=1S/C26H41N3O4S/c1-5-8-16-28(15-7-3)25(33)22-26-13-12-19(34-26)20(23(31)27(4)14-6-2)21(26)24(32)29(22)17-10-9-11-18-30/h6-7,19-22,30H,2-3,5,8-18H2,1,4H3/t19-,20+,21+,22?,26?/m1/s1. The van der Waals surface area contributed by atoms with Crippen LogP contribution in [-0.2, 0) is 14.4 Å². The maximum absolute atomic E-state index is 14.0. The number of fused-ring (bicyclic) bond motifs is 1. The van der Waals surface area contributed by atoms with Gasteiger partial charge in [0, 0.05) is 45.1 Å². The zero-order valence-corrected chi connectivity index (χ0v) is 21.6. The number of thioether (sulfide) groups is 1. The van der Waals surface area contributed by atoms with Crippen molar-refractivity contribution in [3.8, 4) is 0 Å². The zero-order valence-electron chi connectivity index (χ0n) is 20.8. The van der Waals surface area contributed by atoms with Crippen molar-refractivity contribution in [3.05, 3.63) is 25.3 Å². The number of amides is 3. The van der Waals surface area contributed by atoms with Crippen molar-refractivity contribution in [1.29, 1.82) is 0 Å². The summed E-state index contributed by atoms with van der Waals surface area (Å²) in [6, 6.07) is -0.548. The number of carbonyl (C=O) groups is 3. The Morgan fingerprint density at radius 1 is 1.18 bits per heavy atom. The number of hydrogen-bond donors (Lipinski definition) is 1. The highest BCUT2D eigenvalue weighted by atomic mass is 32.2. The summed E-state index contributed by atoms with van der Waals surface area (Å²) >= 11 is 1.72. The molecule has 3 rings (SSSR count). The van der Waals surface area contributed by atoms with Crippen molar-refractivity contribution < 1.29 is 19.5 Å². The smallest absolute Gasteiger partial charge is 0.247 e. The van der Waals surface area contributed by atoms with Gasteiger partial charge in [-0.05, 0) is 38.5 Å². The molecular formula is C26H41N3O4S. The van der Waals surface area contributed by atoms with E-state index in [1.165, 1.54) is 0 Å². The lowest BCUT2D eigenvalue weighted by Gasteiger charge is -2.37. The molecule has 3 saturated heterocycles. The van der Waals surface area contributed by atoms with Gasteiger partial charge in [-0.3, -0.25) is 14.4 Å². The van der Waals surface area contributed by atoms with E-state index in [2.05, 4.69) is 20.1 Å². The number of likely N-dealkylation sites (N-methyl/N-ethyl adjacent to an activating group) is 1. The molecule has 190 valence electrons. The van der Waals surface area contributed by atoms with Crippen molar-refractivity contribution in [2.45, 2.75) is 67.9 Å². The summed E-state index contributed by atoms with van der Waals surface area (Å²) in [4.78, 5) is 46.7. The first-order valence-corrected chi connectivity index (χ1v) is 13.6. The highest BCUT2D eigenvalue weighted by Crippen LogP contribution is 2.66. The van der Waals surface area contributed by atoms with Crippen LogP contribution in [0, 0.1) is 11.8 Å². The van der Waals surface area contributed by atoms with Crippen LogP contribution in [-0.4, -0.2) is 93.4 Å². The van der Waals surface area contributed by atoms with Gasteiger partial charge >= 0.3 is 0 Å². The fraction of sp³-hybridized carbons (Fsp3) is 0.731. The molecule has 0 saturated carbocycles. The van der Waals surface area contributed by atoms with Crippen LogP contribution in [0.3, 0.4) is 0 Å². The molecule has 3 aliphatic heterocycles. The normalized spacial score (nSPS) is 29.3. The molecule has 34 heavy (non-hydrogen) atoms. The first-order chi connectivity index (χ1) is 16.4. The van der Waals surface area contributed by atoms with Gasteiger partial charge in [-0.2, -0.15) is 0 Å². The number of unbranched alkanes of at least 4 members (excludes halogenated alkanes) is 3. The third-order valence-corrected chi connectivity index (χ3v) is 9.55. The van der Waals surface area contributed by atoms with Crippen LogP contribution >= 0.6 is 11.8 Å². The maximum atomic E-state index is 14.0. The van der Waals surface area contributed by atoms with Crippen molar-refractivity contribution >= 4 is 29.5 Å². The van der Waals surface area contributed by atoms with Crippen molar-refractivity contribution in [2.75, 3.05) is 39.8 Å². The summed E-state index contributed by atoms with van der Waals surface area (Å²) in [5, 5.41) is 9.24. The molecule has 3 aliphatic rings. The largest absolute Gasteiger partial charge is 0.396 e. The van der Waals surface area contributed by atoms with Gasteiger partial charge in [0.2, 0.25) is 17.7 Å². The van der Waals surface area contributed by atoms with E-state index < -0.39 is 22.6 Å². The number of carbonyl (C=O) groups excluding carboxylic acids is 3. The number of aliphatic hydroxyl groups is 1. The van der Waals surface area contributed by atoms with Crippen LogP contribution in [0.5, 0.6) is 0 Å². The van der Waals surface area contributed by atoms with Crippen molar-refractivity contribution in [1.82, 2.24) is 14.7 Å². The molecule has 7 nitrogen and oxygen atoms in total. The van der Waals surface area contributed by atoms with E-state index in [0.29, 0.717) is 32.6 Å². The Labute approximate surface area is 208 Å². The minimum atomic E-state index is -0.548. The second kappa shape index (κ2) is 11.8. The fourth-order valence-corrected chi connectivity index (χ4v) is 8.24. The first kappa shape index (κ1) is 26.8. The summed E-state index contributed by atoms with van der Waals surface area (Å²) < 4.78 is -0.545. The van der Waals surface area contributed by atoms with Gasteiger partial charge in [0.15, 0.2) is 0 Å². The predicted molar refractivity (Wildman–Crippen MR) is 136 cm³/mol. The summed E-state index contributed by atoms with van der Waals surface area (Å²) in [7, 11) is 1.76. The quantitative estimate of drug-likeness (QED) is 0.299. The number of rotatable bonds is 14. The van der Waals surface area contributed by atoms with Gasteiger partial charge in [0.1, 0.15) is 6.04 Å². The third kappa shape index (κ3) is 4.81. The Hall–Kier alpha value is -1.80. The highest BCUT2D eigenvalue weighted by molar-refractivity contribution is 8.02. The minimum absolute atomic E-state index is 0.00736. The number of nitrogens with zero attached hydrogens (tertiary/aromatic N) is 3. The molecule has 1 spiro atoms. The lowest BCUT2D eigenvalue weighted by atomic mass is 9.70. The lowest BCUT2D eigenvalue weighted by molar-refractivity contribution is -0.144. The highest BCUT2D eigenvalue weighted by Gasteiger charge is 2.73. The summed E-state index contributed by atoms with van der Waals surface area (Å²) in [6.45, 7) is 11.8. The Kier molecular flexibility index (Phi) is 9.27. The molecular weight excluding hydrogens is 450 g/mol. The van der Waals surface area contributed by atoms with Crippen LogP contribution in [0.15, 0.2) is 25.3 Å². The second-order valence-electron chi connectivity index (χ2n) is 9.81. The third-order valence-electron chi connectivity index (χ3n) is 7.60. The van der Waals surface area contributed by atoms with Gasteiger partial charge in [-0.25, -0.2) is 0 Å². The van der Waals surface area contributed by atoms with E-state index in [9.17, 15) is 14.4 Å². The van der Waals surface area contributed by atoms with E-state index in [4.69, 9.17) is 5.11 Å². The Morgan fingerprint density at radius 3 is 2.56 bits per heavy atom. The molecule has 3 amide bonds. The van der Waals surface area contributed by atoms with Crippen LogP contribution in [0.2, 0.25) is 0 Å². The SMILES string of the molecule is C=CCN(C)C(=O)[C@@H]1[C@H]2C(=O)N(CCCCCO)C(C(=O)N(CC=C)CCCC)C23CC[C@H]1S3. The Balaban J connectivity index is 1.95. The van der Waals surface area contributed by atoms with E-state index in [1.54, 1.807) is 40.8 Å². The van der Waals surface area contributed by atoms with Gasteiger partial charge in [-0.1, -0.05) is 25.5 Å². The molecule has 5 atom stereocenters. The number of likely N-dealkylation sites (tertiary alicyclic amines) is 1. The molecule has 0 aliphatic carbocycles. The molecule has 3 fully saturated rings. The zero-order chi connectivity index (χ0) is 24.9. The molecule has 8 heteroatoms. The Bertz CT molecular complexity index is 790. The topological polar surface area (TPSA) is 81.2 Å². The van der Waals surface area contributed by atoms with Gasteiger partial charge in [-0.15, -0.1) is 24.9 Å². The average Bonchev–Trinajstić information content (AvgIpc) is 3.46. The molecule has 0 aromatic carbocycles. The van der Waals surface area contributed by atoms with E-state index in [-0.39, 0.29) is 29.6 Å². The number of aliphatic hydroxyl groups excluding tert-OH is 1. The minimum Gasteiger partial charge on any atom is -0.396 e. The summed E-state index contributed by atoms with van der Waals surface area (Å²) in [6.07, 6.45) is 9.18. The van der Waals surface area contributed by atoms with Crippen molar-refractivity contribution in [3.63, 3.8) is 0 Å². The van der Waals surface area contributed by atoms with E-state index in [0.717, 1.165) is 38.5 Å². The maximum Gasteiger partial charge on any atom is 0.247 e. The van der Waals surface area contributed by atoms with Crippen LogP contribution in [0.1, 0.15) is 51.9 Å². The molecule has 0 aromatic heterocycles. The Morgan fingerprint density at radius 2 is 1.91 bits per heavy atom. The predicted octanol–water partition coefficient (Wildman–Crippen LogP) is 2.70. The molecule has 0 aromatic rings. The van der Waals surface area contributed by atoms with E-state index in [1.807, 2.05) is 4.90 Å². The van der Waals surface area contributed by atoms with Crippen LogP contribution < -0.4 is 0 Å². The van der Waals surface area contributed by atoms with Gasteiger partial charge in [0.05, 0.1) is 16.6 Å². The van der Waals surface area contributed by atoms with E-state index >= 15 is 0 Å². The van der Waals surface area contributed by atoms with Crippen LogP contribution in [0.4, 0.5) is 0 Å². The van der Waals surface area contributed by atoms with Crippen molar-refractivity contribution in [2.24, 2.45) is 11.8 Å². The number of hydrogen-bond acceptors (Lipinski definition) is 5. The second-order valence-corrected chi connectivity index (χ2v) is 11.4. The molecule has 2 unspecified atom stereocenters. The molecule has 1 N–H and O–H groups in total. The first-order valence-electron chi connectivity index (χ1n) is 12.7. The summed E-state index contributed by atoms with van der Waals surface area (Å²) in [5.41, 5.74) is 0. The molecule has 2 bridgehead atoms.